The maximum atomic E-state index is 13.3. The lowest BCUT2D eigenvalue weighted by Crippen LogP contribution is -2.49. The third-order valence-electron chi connectivity index (χ3n) is 6.58. The van der Waals surface area contributed by atoms with Crippen molar-refractivity contribution in [3.8, 4) is 0 Å². The molecule has 1 saturated heterocycles. The maximum Gasteiger partial charge on any atom is 0.307 e. The highest BCUT2D eigenvalue weighted by atomic mass is 16.5. The Labute approximate surface area is 162 Å². The molecule has 1 aliphatic heterocycles. The number of nitrogens with one attached hydrogen (secondary N) is 1. The van der Waals surface area contributed by atoms with Crippen LogP contribution in [-0.2, 0) is 19.7 Å². The summed E-state index contributed by atoms with van der Waals surface area (Å²) in [4.78, 5) is 27.1. The molecule has 1 heterocycles. The van der Waals surface area contributed by atoms with Crippen LogP contribution in [0.15, 0.2) is 30.3 Å². The minimum Gasteiger partial charge on any atom is -0.469 e. The van der Waals surface area contributed by atoms with Crippen molar-refractivity contribution in [1.29, 1.82) is 0 Å². The summed E-state index contributed by atoms with van der Waals surface area (Å²) >= 11 is 0. The quantitative estimate of drug-likeness (QED) is 0.780. The summed E-state index contributed by atoms with van der Waals surface area (Å²) in [5.41, 5.74) is 0.757. The van der Waals surface area contributed by atoms with E-state index in [1.807, 2.05) is 25.2 Å². The second-order valence-corrected chi connectivity index (χ2v) is 8.05. The van der Waals surface area contributed by atoms with E-state index in [-0.39, 0.29) is 29.4 Å². The van der Waals surface area contributed by atoms with Gasteiger partial charge in [-0.2, -0.15) is 0 Å². The first-order valence-electron chi connectivity index (χ1n) is 10.2. The van der Waals surface area contributed by atoms with Crippen LogP contribution in [0.3, 0.4) is 0 Å². The van der Waals surface area contributed by atoms with Gasteiger partial charge >= 0.3 is 5.97 Å². The molecule has 0 bridgehead atoms. The molecular formula is C22H32N2O3. The van der Waals surface area contributed by atoms with Crippen molar-refractivity contribution in [3.63, 3.8) is 0 Å². The van der Waals surface area contributed by atoms with Gasteiger partial charge < -0.3 is 10.1 Å². The highest BCUT2D eigenvalue weighted by Gasteiger charge is 2.41. The Morgan fingerprint density at radius 3 is 2.44 bits per heavy atom. The van der Waals surface area contributed by atoms with Crippen LogP contribution in [0.4, 0.5) is 0 Å². The summed E-state index contributed by atoms with van der Waals surface area (Å²) in [5.74, 6) is -0.00000960. The average molecular weight is 373 g/mol. The number of esters is 1. The van der Waals surface area contributed by atoms with Crippen LogP contribution in [-0.4, -0.2) is 49.6 Å². The normalized spacial score (nSPS) is 25.1. The number of likely N-dealkylation sites (N-methyl/N-ethyl adjacent to an activating group) is 1. The van der Waals surface area contributed by atoms with Gasteiger partial charge in [0, 0.05) is 18.6 Å². The van der Waals surface area contributed by atoms with Crippen LogP contribution in [0.2, 0.25) is 0 Å². The smallest absolute Gasteiger partial charge is 0.307 e. The van der Waals surface area contributed by atoms with Crippen molar-refractivity contribution >= 4 is 11.9 Å². The Bertz CT molecular complexity index is 640. The van der Waals surface area contributed by atoms with Gasteiger partial charge in [-0.15, -0.1) is 0 Å². The molecule has 0 spiro atoms. The zero-order valence-corrected chi connectivity index (χ0v) is 16.6. The molecule has 5 nitrogen and oxygen atoms in total. The minimum atomic E-state index is -0.387. The fraction of sp³-hybridized carbons (Fsp3) is 0.636. The lowest BCUT2D eigenvalue weighted by Gasteiger charge is -2.37. The third kappa shape index (κ3) is 4.34. The van der Waals surface area contributed by atoms with Crippen molar-refractivity contribution in [2.75, 3.05) is 20.7 Å². The van der Waals surface area contributed by atoms with Crippen LogP contribution < -0.4 is 5.32 Å². The Kier molecular flexibility index (Phi) is 6.53. The molecular weight excluding hydrogens is 340 g/mol. The molecule has 1 N–H and O–H groups in total. The van der Waals surface area contributed by atoms with Crippen molar-refractivity contribution in [2.45, 2.75) is 68.9 Å². The Morgan fingerprint density at radius 1 is 1.11 bits per heavy atom. The molecule has 0 unspecified atom stereocenters. The van der Waals surface area contributed by atoms with Gasteiger partial charge in [-0.25, -0.2) is 0 Å². The summed E-state index contributed by atoms with van der Waals surface area (Å²) < 4.78 is 4.80. The summed E-state index contributed by atoms with van der Waals surface area (Å²) in [6, 6.07) is 10.7. The third-order valence-corrected chi connectivity index (χ3v) is 6.58. The minimum absolute atomic E-state index is 0.165. The Morgan fingerprint density at radius 2 is 1.78 bits per heavy atom. The molecule has 0 aromatic heterocycles. The number of hydrogen-bond acceptors (Lipinski definition) is 4. The van der Waals surface area contributed by atoms with Crippen molar-refractivity contribution in [2.24, 2.45) is 0 Å². The van der Waals surface area contributed by atoms with Gasteiger partial charge in [0.1, 0.15) is 0 Å². The van der Waals surface area contributed by atoms with Gasteiger partial charge in [0.2, 0.25) is 5.91 Å². The molecule has 2 aliphatic rings. The molecule has 148 valence electrons. The van der Waals surface area contributed by atoms with Crippen molar-refractivity contribution < 1.29 is 14.3 Å². The predicted molar refractivity (Wildman–Crippen MR) is 105 cm³/mol. The summed E-state index contributed by atoms with van der Waals surface area (Å²) in [6.07, 6.45) is 7.66. The number of carbonyl (C=O) groups excluding carboxylic acids is 2. The van der Waals surface area contributed by atoms with Gasteiger partial charge in [-0.05, 0) is 38.3 Å². The molecule has 27 heavy (non-hydrogen) atoms. The summed E-state index contributed by atoms with van der Waals surface area (Å²) in [6.45, 7) is 0.640. The number of likely N-dealkylation sites (tertiary alicyclic amines) is 1. The van der Waals surface area contributed by atoms with Crippen LogP contribution in [0.25, 0.3) is 0 Å². The number of hydrogen-bond donors (Lipinski definition) is 1. The SMILES string of the molecule is COC(=O)C[C@H]1CC[C@@H](CNC(=O)C2(c3ccccc3)CCCCC2)N1C. The number of carbonyl (C=O) groups is 2. The predicted octanol–water partition coefficient (Wildman–Crippen LogP) is 3.03. The number of benzene rings is 1. The fourth-order valence-electron chi connectivity index (χ4n) is 4.80. The standard InChI is InChI=1S/C22H32N2O3/c1-24-18(15-20(25)27-2)11-12-19(24)16-23-21(26)22(13-7-4-8-14-22)17-9-5-3-6-10-17/h3,5-6,9-10,18-19H,4,7-8,11-16H2,1-2H3,(H,23,26)/t18-,19+/m1/s1. The number of rotatable bonds is 6. The molecule has 1 amide bonds. The van der Waals surface area contributed by atoms with Gasteiger partial charge in [0.05, 0.1) is 18.9 Å². The van der Waals surface area contributed by atoms with Gasteiger partial charge in [0.25, 0.3) is 0 Å². The monoisotopic (exact) mass is 372 g/mol. The highest BCUT2D eigenvalue weighted by molar-refractivity contribution is 5.88. The topological polar surface area (TPSA) is 58.6 Å². The van der Waals surface area contributed by atoms with E-state index >= 15 is 0 Å². The lowest BCUT2D eigenvalue weighted by atomic mass is 9.68. The molecule has 1 saturated carbocycles. The van der Waals surface area contributed by atoms with Gasteiger partial charge in [-0.1, -0.05) is 49.6 Å². The molecule has 2 fully saturated rings. The molecule has 5 heteroatoms. The second kappa shape index (κ2) is 8.87. The molecule has 1 aromatic rings. The number of amides is 1. The van der Waals surface area contributed by atoms with E-state index in [0.717, 1.165) is 44.1 Å². The van der Waals surface area contributed by atoms with Crippen LogP contribution >= 0.6 is 0 Å². The maximum absolute atomic E-state index is 13.3. The zero-order chi connectivity index (χ0) is 19.3. The fourth-order valence-corrected chi connectivity index (χ4v) is 4.80. The Hall–Kier alpha value is -1.88. The zero-order valence-electron chi connectivity index (χ0n) is 16.6. The van der Waals surface area contributed by atoms with Crippen molar-refractivity contribution in [3.05, 3.63) is 35.9 Å². The van der Waals surface area contributed by atoms with Crippen molar-refractivity contribution in [1.82, 2.24) is 10.2 Å². The first-order valence-corrected chi connectivity index (χ1v) is 10.2. The van der Waals surface area contributed by atoms with Crippen LogP contribution in [0.5, 0.6) is 0 Å². The lowest BCUT2D eigenvalue weighted by molar-refractivity contribution is -0.141. The van der Waals surface area contributed by atoms with Crippen LogP contribution in [0, 0.1) is 0 Å². The molecule has 0 radical (unpaired) electrons. The average Bonchev–Trinajstić information content (AvgIpc) is 3.06. The molecule has 3 rings (SSSR count). The highest BCUT2D eigenvalue weighted by Crippen LogP contribution is 2.39. The first kappa shape index (κ1) is 19.9. The largest absolute Gasteiger partial charge is 0.469 e. The van der Waals surface area contributed by atoms with E-state index in [9.17, 15) is 9.59 Å². The summed E-state index contributed by atoms with van der Waals surface area (Å²) in [5, 5.41) is 3.26. The van der Waals surface area contributed by atoms with E-state index < -0.39 is 0 Å². The van der Waals surface area contributed by atoms with E-state index in [0.29, 0.717) is 13.0 Å². The number of nitrogens with zero attached hydrogens (tertiary/aromatic N) is 1. The molecule has 1 aromatic carbocycles. The number of ether oxygens (including phenoxy) is 1. The molecule has 2 atom stereocenters. The summed E-state index contributed by atoms with van der Waals surface area (Å²) in [7, 11) is 3.48. The number of methoxy groups -OCH3 is 1. The second-order valence-electron chi connectivity index (χ2n) is 8.05. The Balaban J connectivity index is 1.63. The van der Waals surface area contributed by atoms with E-state index in [2.05, 4.69) is 22.3 Å². The van der Waals surface area contributed by atoms with E-state index in [4.69, 9.17) is 4.74 Å². The van der Waals surface area contributed by atoms with Gasteiger partial charge in [0.15, 0.2) is 0 Å². The first-order chi connectivity index (χ1) is 13.1. The van der Waals surface area contributed by atoms with Gasteiger partial charge in [-0.3, -0.25) is 14.5 Å². The van der Waals surface area contributed by atoms with Crippen LogP contribution in [0.1, 0.15) is 56.9 Å². The van der Waals surface area contributed by atoms with E-state index in [1.54, 1.807) is 0 Å². The van der Waals surface area contributed by atoms with E-state index in [1.165, 1.54) is 13.5 Å². The molecule has 1 aliphatic carbocycles.